The van der Waals surface area contributed by atoms with Crippen LogP contribution in [0.3, 0.4) is 0 Å². The summed E-state index contributed by atoms with van der Waals surface area (Å²) in [4.78, 5) is 34.2. The monoisotopic (exact) mass is 390 g/mol. The van der Waals surface area contributed by atoms with E-state index >= 15 is 0 Å². The molecule has 2 aromatic heterocycles. The molecule has 29 heavy (non-hydrogen) atoms. The standard InChI is InChI=1S/C22H22N4O3/c1-26(13-10-16-8-11-23-12-9-16)21(27)18-6-7-20(24-15-18)25-19-5-3-4-17(14-19)22(28)29-2/h3-9,11-12,14-15H,10,13H2,1-2H3,(H,24,25). The fourth-order valence-corrected chi connectivity index (χ4v) is 2.75. The molecule has 0 saturated carbocycles. The summed E-state index contributed by atoms with van der Waals surface area (Å²) in [6, 6.07) is 14.3. The van der Waals surface area contributed by atoms with Gasteiger partial charge in [0.15, 0.2) is 0 Å². The van der Waals surface area contributed by atoms with Crippen molar-refractivity contribution >= 4 is 23.4 Å². The number of esters is 1. The second-order valence-electron chi connectivity index (χ2n) is 6.46. The highest BCUT2D eigenvalue weighted by molar-refractivity contribution is 5.94. The van der Waals surface area contributed by atoms with E-state index in [1.807, 2.05) is 18.2 Å². The van der Waals surface area contributed by atoms with Crippen molar-refractivity contribution in [1.82, 2.24) is 14.9 Å². The van der Waals surface area contributed by atoms with E-state index in [4.69, 9.17) is 4.74 Å². The molecular weight excluding hydrogens is 368 g/mol. The minimum atomic E-state index is -0.405. The summed E-state index contributed by atoms with van der Waals surface area (Å²) in [6.07, 6.45) is 5.79. The molecule has 0 aliphatic rings. The summed E-state index contributed by atoms with van der Waals surface area (Å²) >= 11 is 0. The molecule has 0 fully saturated rings. The van der Waals surface area contributed by atoms with Crippen molar-refractivity contribution in [1.29, 1.82) is 0 Å². The number of methoxy groups -OCH3 is 1. The number of pyridine rings is 2. The summed E-state index contributed by atoms with van der Waals surface area (Å²) in [5.41, 5.74) is 2.79. The van der Waals surface area contributed by atoms with Crippen molar-refractivity contribution in [3.8, 4) is 0 Å². The molecule has 7 heteroatoms. The highest BCUT2D eigenvalue weighted by atomic mass is 16.5. The average Bonchev–Trinajstić information content (AvgIpc) is 2.78. The van der Waals surface area contributed by atoms with Crippen molar-refractivity contribution in [3.05, 3.63) is 83.8 Å². The lowest BCUT2D eigenvalue weighted by Crippen LogP contribution is -2.28. The van der Waals surface area contributed by atoms with Crippen LogP contribution in [-0.2, 0) is 11.2 Å². The van der Waals surface area contributed by atoms with Crippen LogP contribution in [0.2, 0.25) is 0 Å². The van der Waals surface area contributed by atoms with Crippen LogP contribution in [0.15, 0.2) is 67.1 Å². The van der Waals surface area contributed by atoms with Crippen molar-refractivity contribution in [3.63, 3.8) is 0 Å². The third-order valence-corrected chi connectivity index (χ3v) is 4.40. The zero-order chi connectivity index (χ0) is 20.6. The van der Waals surface area contributed by atoms with E-state index in [9.17, 15) is 9.59 Å². The molecule has 0 bridgehead atoms. The topological polar surface area (TPSA) is 84.4 Å². The van der Waals surface area contributed by atoms with Gasteiger partial charge in [-0.05, 0) is 54.4 Å². The number of hydrogen-bond donors (Lipinski definition) is 1. The van der Waals surface area contributed by atoms with E-state index in [0.717, 1.165) is 12.0 Å². The van der Waals surface area contributed by atoms with Gasteiger partial charge < -0.3 is 15.0 Å². The Bertz CT molecular complexity index is 975. The second kappa shape index (κ2) is 9.45. The summed E-state index contributed by atoms with van der Waals surface area (Å²) in [7, 11) is 3.11. The number of nitrogens with zero attached hydrogens (tertiary/aromatic N) is 3. The van der Waals surface area contributed by atoms with Gasteiger partial charge in [-0.1, -0.05) is 6.07 Å². The fraction of sp³-hybridized carbons (Fsp3) is 0.182. The number of aromatic nitrogens is 2. The predicted molar refractivity (Wildman–Crippen MR) is 110 cm³/mol. The molecule has 3 rings (SSSR count). The summed E-state index contributed by atoms with van der Waals surface area (Å²) in [6.45, 7) is 0.600. The maximum Gasteiger partial charge on any atom is 0.337 e. The lowest BCUT2D eigenvalue weighted by Gasteiger charge is -2.17. The van der Waals surface area contributed by atoms with Gasteiger partial charge in [-0.3, -0.25) is 9.78 Å². The number of ether oxygens (including phenoxy) is 1. The van der Waals surface area contributed by atoms with Gasteiger partial charge in [0.25, 0.3) is 5.91 Å². The SMILES string of the molecule is COC(=O)c1cccc(Nc2ccc(C(=O)N(C)CCc3ccncc3)cn2)c1. The molecule has 1 N–H and O–H groups in total. The fourth-order valence-electron chi connectivity index (χ4n) is 2.75. The normalized spacial score (nSPS) is 10.3. The quantitative estimate of drug-likeness (QED) is 0.623. The van der Waals surface area contributed by atoms with Gasteiger partial charge in [0.05, 0.1) is 18.2 Å². The molecule has 0 aliphatic heterocycles. The molecule has 3 aromatic rings. The van der Waals surface area contributed by atoms with Gasteiger partial charge in [0, 0.05) is 37.9 Å². The van der Waals surface area contributed by atoms with Crippen LogP contribution in [0.5, 0.6) is 0 Å². The van der Waals surface area contributed by atoms with Gasteiger partial charge in [0.1, 0.15) is 5.82 Å². The van der Waals surface area contributed by atoms with Crippen molar-refractivity contribution in [2.75, 3.05) is 26.0 Å². The van der Waals surface area contributed by atoms with E-state index < -0.39 is 5.97 Å². The van der Waals surface area contributed by atoms with Crippen LogP contribution in [0.4, 0.5) is 11.5 Å². The Morgan fingerprint density at radius 1 is 1.07 bits per heavy atom. The number of carbonyl (C=O) groups is 2. The van der Waals surface area contributed by atoms with Gasteiger partial charge in [-0.2, -0.15) is 0 Å². The van der Waals surface area contributed by atoms with E-state index in [1.165, 1.54) is 13.3 Å². The van der Waals surface area contributed by atoms with E-state index in [1.54, 1.807) is 54.7 Å². The Kier molecular flexibility index (Phi) is 6.52. The molecule has 1 amide bonds. The van der Waals surface area contributed by atoms with Crippen molar-refractivity contribution in [2.24, 2.45) is 0 Å². The maximum atomic E-state index is 12.6. The first-order valence-electron chi connectivity index (χ1n) is 9.12. The minimum Gasteiger partial charge on any atom is -0.465 e. The molecule has 0 saturated heterocycles. The number of carbonyl (C=O) groups excluding carboxylic acids is 2. The van der Waals surface area contributed by atoms with E-state index in [-0.39, 0.29) is 5.91 Å². The minimum absolute atomic E-state index is 0.0919. The zero-order valence-electron chi connectivity index (χ0n) is 16.3. The summed E-state index contributed by atoms with van der Waals surface area (Å²) in [5, 5.41) is 3.12. The van der Waals surface area contributed by atoms with Crippen LogP contribution in [0.1, 0.15) is 26.3 Å². The summed E-state index contributed by atoms with van der Waals surface area (Å²) in [5.74, 6) is 0.0751. The number of nitrogens with one attached hydrogen (secondary N) is 1. The molecule has 0 unspecified atom stereocenters. The van der Waals surface area contributed by atoms with Gasteiger partial charge in [-0.15, -0.1) is 0 Å². The molecule has 0 atom stereocenters. The van der Waals surface area contributed by atoms with Crippen LogP contribution in [0, 0.1) is 0 Å². The first-order valence-corrected chi connectivity index (χ1v) is 9.12. The molecule has 148 valence electrons. The molecular formula is C22H22N4O3. The first-order chi connectivity index (χ1) is 14.1. The van der Waals surface area contributed by atoms with Crippen LogP contribution < -0.4 is 5.32 Å². The Hall–Kier alpha value is -3.74. The molecule has 0 spiro atoms. The smallest absolute Gasteiger partial charge is 0.337 e. The Morgan fingerprint density at radius 3 is 2.55 bits per heavy atom. The number of rotatable bonds is 7. The average molecular weight is 390 g/mol. The van der Waals surface area contributed by atoms with Crippen LogP contribution in [0.25, 0.3) is 0 Å². The lowest BCUT2D eigenvalue weighted by molar-refractivity contribution is 0.0600. The maximum absolute atomic E-state index is 12.6. The molecule has 1 aromatic carbocycles. The molecule has 2 heterocycles. The largest absolute Gasteiger partial charge is 0.465 e. The lowest BCUT2D eigenvalue weighted by atomic mass is 10.2. The Balaban J connectivity index is 1.60. The summed E-state index contributed by atoms with van der Waals surface area (Å²) < 4.78 is 4.73. The van der Waals surface area contributed by atoms with Crippen LogP contribution >= 0.6 is 0 Å². The number of amides is 1. The van der Waals surface area contributed by atoms with Gasteiger partial charge in [0.2, 0.25) is 0 Å². The highest BCUT2D eigenvalue weighted by Crippen LogP contribution is 2.17. The first kappa shape index (κ1) is 20.0. The van der Waals surface area contributed by atoms with Crippen LogP contribution in [-0.4, -0.2) is 47.4 Å². The molecule has 7 nitrogen and oxygen atoms in total. The highest BCUT2D eigenvalue weighted by Gasteiger charge is 2.12. The van der Waals surface area contributed by atoms with Crippen molar-refractivity contribution < 1.29 is 14.3 Å². The Labute approximate surface area is 169 Å². The zero-order valence-corrected chi connectivity index (χ0v) is 16.3. The predicted octanol–water partition coefficient (Wildman–Crippen LogP) is 3.32. The number of benzene rings is 1. The molecule has 0 radical (unpaired) electrons. The number of anilines is 2. The third-order valence-electron chi connectivity index (χ3n) is 4.40. The second-order valence-corrected chi connectivity index (χ2v) is 6.46. The number of likely N-dealkylation sites (N-methyl/N-ethyl adjacent to an activating group) is 1. The van der Waals surface area contributed by atoms with E-state index in [0.29, 0.717) is 29.2 Å². The number of hydrogen-bond acceptors (Lipinski definition) is 6. The van der Waals surface area contributed by atoms with Gasteiger partial charge >= 0.3 is 5.97 Å². The van der Waals surface area contributed by atoms with Gasteiger partial charge in [-0.25, -0.2) is 9.78 Å². The van der Waals surface area contributed by atoms with E-state index in [2.05, 4.69) is 15.3 Å². The third kappa shape index (κ3) is 5.38. The van der Waals surface area contributed by atoms with Crippen molar-refractivity contribution in [2.45, 2.75) is 6.42 Å². The molecule has 0 aliphatic carbocycles. The Morgan fingerprint density at radius 2 is 1.86 bits per heavy atom.